The molecule has 0 N–H and O–H groups in total. The molecular formula is C29H24F9NOS. The standard InChI is InChI=1S/C29H24F9NOS/c1-15(2)17-5-4-6-18(9-17)24-8-7-21(27(30,31)32)12-20(24)14-39-16(3)25(41-26(39)40)19-10-22(28(33,34)35)13-23(11-19)29(36,37)38/h4-13,15-16,25H,14H2,1-3H3. The highest BCUT2D eigenvalue weighted by atomic mass is 32.2. The molecule has 0 spiro atoms. The van der Waals surface area contributed by atoms with Gasteiger partial charge in [-0.15, -0.1) is 0 Å². The summed E-state index contributed by atoms with van der Waals surface area (Å²) < 4.78 is 121. The van der Waals surface area contributed by atoms with Crippen molar-refractivity contribution in [2.45, 2.75) is 63.1 Å². The van der Waals surface area contributed by atoms with Crippen LogP contribution in [0.3, 0.4) is 0 Å². The number of halogens is 9. The zero-order chi connectivity index (χ0) is 30.5. The average Bonchev–Trinajstić information content (AvgIpc) is 3.15. The number of nitrogens with zero attached hydrogens (tertiary/aromatic N) is 1. The maximum Gasteiger partial charge on any atom is 0.416 e. The van der Waals surface area contributed by atoms with Crippen LogP contribution in [-0.4, -0.2) is 16.2 Å². The van der Waals surface area contributed by atoms with Gasteiger partial charge in [-0.05, 0) is 71.0 Å². The molecule has 2 nitrogen and oxygen atoms in total. The number of rotatable bonds is 5. The van der Waals surface area contributed by atoms with Gasteiger partial charge in [0, 0.05) is 12.6 Å². The summed E-state index contributed by atoms with van der Waals surface area (Å²) in [7, 11) is 0. The predicted octanol–water partition coefficient (Wildman–Crippen LogP) is 10.3. The average molecular weight is 606 g/mol. The quantitative estimate of drug-likeness (QED) is 0.270. The second kappa shape index (κ2) is 10.9. The number of carbonyl (C=O) groups excluding carboxylic acids is 1. The third kappa shape index (κ3) is 6.68. The molecule has 12 heteroatoms. The van der Waals surface area contributed by atoms with Gasteiger partial charge in [-0.25, -0.2) is 0 Å². The van der Waals surface area contributed by atoms with Gasteiger partial charge in [-0.3, -0.25) is 4.79 Å². The Bertz CT molecular complexity index is 1410. The number of alkyl halides is 9. The van der Waals surface area contributed by atoms with E-state index >= 15 is 0 Å². The molecule has 220 valence electrons. The Hall–Kier alpha value is -3.15. The van der Waals surface area contributed by atoms with E-state index in [9.17, 15) is 44.3 Å². The minimum Gasteiger partial charge on any atom is -0.325 e. The Morgan fingerprint density at radius 3 is 1.90 bits per heavy atom. The molecule has 1 amide bonds. The first-order chi connectivity index (χ1) is 18.9. The lowest BCUT2D eigenvalue weighted by Crippen LogP contribution is -2.31. The van der Waals surface area contributed by atoms with E-state index in [0.29, 0.717) is 35.0 Å². The smallest absolute Gasteiger partial charge is 0.325 e. The summed E-state index contributed by atoms with van der Waals surface area (Å²) in [6.07, 6.45) is -14.8. The summed E-state index contributed by atoms with van der Waals surface area (Å²) in [6.45, 7) is 5.02. The summed E-state index contributed by atoms with van der Waals surface area (Å²) >= 11 is 0.541. The van der Waals surface area contributed by atoms with E-state index in [0.717, 1.165) is 17.7 Å². The Kier molecular flexibility index (Phi) is 8.20. The molecule has 2 unspecified atom stereocenters. The molecule has 1 aliphatic rings. The molecule has 1 heterocycles. The van der Waals surface area contributed by atoms with Crippen LogP contribution in [0.5, 0.6) is 0 Å². The van der Waals surface area contributed by atoms with Crippen LogP contribution in [0.4, 0.5) is 44.3 Å². The van der Waals surface area contributed by atoms with E-state index in [-0.39, 0.29) is 29.7 Å². The van der Waals surface area contributed by atoms with Gasteiger partial charge in [0.15, 0.2) is 0 Å². The number of amides is 1. The van der Waals surface area contributed by atoms with Gasteiger partial charge in [-0.2, -0.15) is 39.5 Å². The highest BCUT2D eigenvalue weighted by Gasteiger charge is 2.43. The molecule has 1 aliphatic heterocycles. The summed E-state index contributed by atoms with van der Waals surface area (Å²) in [5.74, 6) is 0.124. The molecular weight excluding hydrogens is 581 g/mol. The topological polar surface area (TPSA) is 20.3 Å². The van der Waals surface area contributed by atoms with Crippen LogP contribution in [0.25, 0.3) is 11.1 Å². The second-order valence-corrected chi connectivity index (χ2v) is 11.3. The van der Waals surface area contributed by atoms with E-state index in [1.807, 2.05) is 26.0 Å². The van der Waals surface area contributed by atoms with E-state index in [1.165, 1.54) is 17.9 Å². The van der Waals surface area contributed by atoms with Gasteiger partial charge in [-0.1, -0.05) is 55.9 Å². The molecule has 3 aromatic rings. The van der Waals surface area contributed by atoms with Crippen LogP contribution in [-0.2, 0) is 25.1 Å². The van der Waals surface area contributed by atoms with Crippen molar-refractivity contribution in [1.82, 2.24) is 4.90 Å². The highest BCUT2D eigenvalue weighted by molar-refractivity contribution is 8.14. The monoisotopic (exact) mass is 605 g/mol. The first-order valence-corrected chi connectivity index (χ1v) is 13.3. The van der Waals surface area contributed by atoms with Gasteiger partial charge in [0.25, 0.3) is 5.24 Å². The minimum atomic E-state index is -5.07. The zero-order valence-corrected chi connectivity index (χ0v) is 22.7. The van der Waals surface area contributed by atoms with Crippen molar-refractivity contribution in [2.24, 2.45) is 0 Å². The van der Waals surface area contributed by atoms with Crippen molar-refractivity contribution in [3.8, 4) is 11.1 Å². The fraction of sp³-hybridized carbons (Fsp3) is 0.345. The van der Waals surface area contributed by atoms with E-state index in [2.05, 4.69) is 0 Å². The molecule has 0 bridgehead atoms. The fourth-order valence-electron chi connectivity index (χ4n) is 4.73. The molecule has 0 aromatic heterocycles. The lowest BCUT2D eigenvalue weighted by molar-refractivity contribution is -0.143. The molecule has 0 radical (unpaired) electrons. The molecule has 2 atom stereocenters. The van der Waals surface area contributed by atoms with Gasteiger partial charge < -0.3 is 4.90 Å². The largest absolute Gasteiger partial charge is 0.416 e. The maximum atomic E-state index is 13.6. The SMILES string of the molecule is CC(C)c1cccc(-c2ccc(C(F)(F)F)cc2CN2C(=O)SC(c3cc(C(F)(F)F)cc(C(F)(F)F)c3)C2C)c1. The number of benzene rings is 3. The first-order valence-electron chi connectivity index (χ1n) is 12.4. The third-order valence-corrected chi connectivity index (χ3v) is 8.32. The lowest BCUT2D eigenvalue weighted by Gasteiger charge is -2.26. The molecule has 3 aromatic carbocycles. The van der Waals surface area contributed by atoms with Crippen LogP contribution >= 0.6 is 11.8 Å². The van der Waals surface area contributed by atoms with Crippen molar-refractivity contribution >= 4 is 17.0 Å². The normalized spacial score (nSPS) is 18.5. The Balaban J connectivity index is 1.75. The molecule has 41 heavy (non-hydrogen) atoms. The van der Waals surface area contributed by atoms with E-state index in [1.54, 1.807) is 12.1 Å². The van der Waals surface area contributed by atoms with Gasteiger partial charge >= 0.3 is 18.5 Å². The number of hydrogen-bond acceptors (Lipinski definition) is 2. The predicted molar refractivity (Wildman–Crippen MR) is 138 cm³/mol. The van der Waals surface area contributed by atoms with Crippen molar-refractivity contribution < 1.29 is 44.3 Å². The Morgan fingerprint density at radius 2 is 1.37 bits per heavy atom. The fourth-order valence-corrected chi connectivity index (χ4v) is 5.93. The van der Waals surface area contributed by atoms with Crippen LogP contribution in [0.15, 0.2) is 60.7 Å². The third-order valence-electron chi connectivity index (χ3n) is 6.97. The zero-order valence-electron chi connectivity index (χ0n) is 21.9. The molecule has 4 rings (SSSR count). The first kappa shape index (κ1) is 30.8. The molecule has 1 saturated heterocycles. The van der Waals surface area contributed by atoms with Gasteiger partial charge in [0.1, 0.15) is 0 Å². The number of carbonyl (C=O) groups is 1. The van der Waals surface area contributed by atoms with Crippen molar-refractivity contribution in [1.29, 1.82) is 0 Å². The van der Waals surface area contributed by atoms with Crippen molar-refractivity contribution in [2.75, 3.05) is 0 Å². The van der Waals surface area contributed by atoms with Crippen molar-refractivity contribution in [3.05, 3.63) is 94.0 Å². The highest BCUT2D eigenvalue weighted by Crippen LogP contribution is 2.47. The van der Waals surface area contributed by atoms with E-state index in [4.69, 9.17) is 0 Å². The Morgan fingerprint density at radius 1 is 0.780 bits per heavy atom. The van der Waals surface area contributed by atoms with E-state index < -0.39 is 51.8 Å². The summed E-state index contributed by atoms with van der Waals surface area (Å²) in [6, 6.07) is 10.5. The van der Waals surface area contributed by atoms with Gasteiger partial charge in [0.05, 0.1) is 21.9 Å². The summed E-state index contributed by atoms with van der Waals surface area (Å²) in [4.78, 5) is 14.2. The lowest BCUT2D eigenvalue weighted by atomic mass is 9.93. The molecule has 0 saturated carbocycles. The molecule has 0 aliphatic carbocycles. The number of hydrogen-bond donors (Lipinski definition) is 0. The number of thioether (sulfide) groups is 1. The summed E-state index contributed by atoms with van der Waals surface area (Å²) in [5.41, 5.74) is -2.22. The van der Waals surface area contributed by atoms with Crippen LogP contribution in [0.1, 0.15) is 65.3 Å². The van der Waals surface area contributed by atoms with Crippen LogP contribution in [0, 0.1) is 0 Å². The van der Waals surface area contributed by atoms with Gasteiger partial charge in [0.2, 0.25) is 0 Å². The van der Waals surface area contributed by atoms with Crippen LogP contribution < -0.4 is 0 Å². The Labute approximate surface area is 234 Å². The second-order valence-electron chi connectivity index (χ2n) is 10.2. The van der Waals surface area contributed by atoms with Crippen LogP contribution in [0.2, 0.25) is 0 Å². The summed E-state index contributed by atoms with van der Waals surface area (Å²) in [5, 5.41) is -1.79. The maximum absolute atomic E-state index is 13.6. The minimum absolute atomic E-state index is 0.00750. The van der Waals surface area contributed by atoms with Crippen molar-refractivity contribution in [3.63, 3.8) is 0 Å². The molecule has 1 fully saturated rings.